The second-order valence-electron chi connectivity index (χ2n) is 5.64. The Morgan fingerprint density at radius 3 is 2.68 bits per heavy atom. The highest BCUT2D eigenvalue weighted by Crippen LogP contribution is 2.20. The van der Waals surface area contributed by atoms with Gasteiger partial charge in [-0.2, -0.15) is 11.3 Å². The standard InChI is InChI=1S/C19H18N2O2S2/c1-15-2-4-16(5-3-15)8-11-25(22,23)21-13-17-6-9-20-19(12-17)18-7-10-24-14-18/h2-12,14,21H,13H2,1H3. The Hall–Kier alpha value is -2.28. The minimum atomic E-state index is -3.50. The Labute approximate surface area is 151 Å². The van der Waals surface area contributed by atoms with Crippen LogP contribution in [-0.2, 0) is 16.6 Å². The fraction of sp³-hybridized carbons (Fsp3) is 0.105. The molecule has 0 spiro atoms. The van der Waals surface area contributed by atoms with E-state index in [1.165, 1.54) is 5.41 Å². The van der Waals surface area contributed by atoms with Crippen LogP contribution in [0.5, 0.6) is 0 Å². The maximum atomic E-state index is 12.1. The molecule has 0 aliphatic heterocycles. The fourth-order valence-corrected chi connectivity index (χ4v) is 3.68. The average molecular weight is 370 g/mol. The molecule has 0 aliphatic rings. The molecule has 128 valence electrons. The molecule has 0 atom stereocenters. The quantitative estimate of drug-likeness (QED) is 0.707. The summed E-state index contributed by atoms with van der Waals surface area (Å²) in [5.74, 6) is 0. The topological polar surface area (TPSA) is 59.1 Å². The molecule has 0 bridgehead atoms. The van der Waals surface area contributed by atoms with E-state index in [2.05, 4.69) is 9.71 Å². The van der Waals surface area contributed by atoms with Crippen LogP contribution in [0.3, 0.4) is 0 Å². The first-order valence-electron chi connectivity index (χ1n) is 7.74. The summed E-state index contributed by atoms with van der Waals surface area (Å²) < 4.78 is 26.9. The summed E-state index contributed by atoms with van der Waals surface area (Å²) in [5.41, 5.74) is 4.72. The third-order valence-corrected chi connectivity index (χ3v) is 5.36. The van der Waals surface area contributed by atoms with E-state index in [9.17, 15) is 8.42 Å². The van der Waals surface area contributed by atoms with Gasteiger partial charge < -0.3 is 0 Å². The summed E-state index contributed by atoms with van der Waals surface area (Å²) in [6.07, 6.45) is 3.28. The molecule has 4 nitrogen and oxygen atoms in total. The molecule has 0 saturated carbocycles. The van der Waals surface area contributed by atoms with Crippen LogP contribution in [0.15, 0.2) is 64.8 Å². The van der Waals surface area contributed by atoms with Crippen molar-refractivity contribution in [3.05, 3.63) is 81.5 Å². The molecular weight excluding hydrogens is 352 g/mol. The van der Waals surface area contributed by atoms with Gasteiger partial charge in [-0.15, -0.1) is 0 Å². The van der Waals surface area contributed by atoms with Gasteiger partial charge in [0, 0.05) is 29.1 Å². The average Bonchev–Trinajstić information content (AvgIpc) is 3.15. The van der Waals surface area contributed by atoms with E-state index in [-0.39, 0.29) is 6.54 Å². The minimum Gasteiger partial charge on any atom is -0.256 e. The number of hydrogen-bond acceptors (Lipinski definition) is 4. The van der Waals surface area contributed by atoms with Gasteiger partial charge in [-0.1, -0.05) is 29.8 Å². The molecule has 0 saturated heterocycles. The minimum absolute atomic E-state index is 0.222. The normalized spacial score (nSPS) is 11.9. The number of hydrogen-bond donors (Lipinski definition) is 1. The maximum absolute atomic E-state index is 12.1. The Morgan fingerprint density at radius 2 is 1.96 bits per heavy atom. The molecule has 2 aromatic heterocycles. The Kier molecular flexibility index (Phi) is 5.43. The Balaban J connectivity index is 1.66. The SMILES string of the molecule is Cc1ccc(C=CS(=O)(=O)NCc2ccnc(-c3ccsc3)c2)cc1. The zero-order valence-electron chi connectivity index (χ0n) is 13.7. The summed E-state index contributed by atoms with van der Waals surface area (Å²) >= 11 is 1.60. The van der Waals surface area contributed by atoms with Crippen LogP contribution < -0.4 is 4.72 Å². The number of sulfonamides is 1. The van der Waals surface area contributed by atoms with Gasteiger partial charge in [-0.3, -0.25) is 4.98 Å². The molecule has 3 rings (SSSR count). The summed E-state index contributed by atoms with van der Waals surface area (Å²) in [5, 5.41) is 5.20. The van der Waals surface area contributed by atoms with E-state index in [4.69, 9.17) is 0 Å². The smallest absolute Gasteiger partial charge is 0.234 e. The zero-order valence-corrected chi connectivity index (χ0v) is 15.3. The third kappa shape index (κ3) is 5.09. The summed E-state index contributed by atoms with van der Waals surface area (Å²) in [6.45, 7) is 2.21. The number of thiophene rings is 1. The van der Waals surface area contributed by atoms with Crippen LogP contribution in [-0.4, -0.2) is 13.4 Å². The van der Waals surface area contributed by atoms with Gasteiger partial charge in [0.25, 0.3) is 0 Å². The number of rotatable bonds is 6. The molecule has 2 heterocycles. The lowest BCUT2D eigenvalue weighted by atomic mass is 10.1. The highest BCUT2D eigenvalue weighted by atomic mass is 32.2. The van der Waals surface area contributed by atoms with Crippen LogP contribution in [0.4, 0.5) is 0 Å². The second kappa shape index (κ2) is 7.74. The van der Waals surface area contributed by atoms with Crippen LogP contribution in [0, 0.1) is 6.92 Å². The molecule has 0 amide bonds. The monoisotopic (exact) mass is 370 g/mol. The lowest BCUT2D eigenvalue weighted by molar-refractivity contribution is 0.591. The van der Waals surface area contributed by atoms with Crippen molar-refractivity contribution < 1.29 is 8.42 Å². The van der Waals surface area contributed by atoms with Gasteiger partial charge in [0.2, 0.25) is 10.0 Å². The number of nitrogens with zero attached hydrogens (tertiary/aromatic N) is 1. The first-order valence-corrected chi connectivity index (χ1v) is 10.2. The molecule has 0 radical (unpaired) electrons. The Bertz CT molecular complexity index is 961. The van der Waals surface area contributed by atoms with Crippen molar-refractivity contribution in [3.8, 4) is 11.3 Å². The molecule has 0 fully saturated rings. The van der Waals surface area contributed by atoms with E-state index in [1.54, 1.807) is 23.6 Å². The number of benzene rings is 1. The molecule has 1 aromatic carbocycles. The largest absolute Gasteiger partial charge is 0.256 e. The molecule has 25 heavy (non-hydrogen) atoms. The first-order chi connectivity index (χ1) is 12.0. The molecule has 3 aromatic rings. The van der Waals surface area contributed by atoms with Crippen molar-refractivity contribution in [2.24, 2.45) is 0 Å². The number of nitrogens with one attached hydrogen (secondary N) is 1. The second-order valence-corrected chi connectivity index (χ2v) is 8.07. The number of pyridine rings is 1. The van der Waals surface area contributed by atoms with Crippen molar-refractivity contribution in [2.75, 3.05) is 0 Å². The maximum Gasteiger partial charge on any atom is 0.234 e. The molecule has 6 heteroatoms. The van der Waals surface area contributed by atoms with Gasteiger partial charge in [-0.25, -0.2) is 13.1 Å². The van der Waals surface area contributed by atoms with Crippen LogP contribution in [0.1, 0.15) is 16.7 Å². The summed E-state index contributed by atoms with van der Waals surface area (Å²) in [6, 6.07) is 13.4. The van der Waals surface area contributed by atoms with Crippen LogP contribution in [0.25, 0.3) is 17.3 Å². The highest BCUT2D eigenvalue weighted by molar-refractivity contribution is 7.92. The highest BCUT2D eigenvalue weighted by Gasteiger charge is 2.07. The number of aromatic nitrogens is 1. The van der Waals surface area contributed by atoms with Gasteiger partial charge in [-0.05, 0) is 47.7 Å². The molecular formula is C19H18N2O2S2. The lowest BCUT2D eigenvalue weighted by Crippen LogP contribution is -2.20. The first kappa shape index (κ1) is 17.5. The van der Waals surface area contributed by atoms with Gasteiger partial charge >= 0.3 is 0 Å². The van der Waals surface area contributed by atoms with Gasteiger partial charge in [0.1, 0.15) is 0 Å². The van der Waals surface area contributed by atoms with Crippen molar-refractivity contribution >= 4 is 27.4 Å². The zero-order chi connectivity index (χ0) is 17.7. The molecule has 1 N–H and O–H groups in total. The van der Waals surface area contributed by atoms with Gasteiger partial charge in [0.15, 0.2) is 0 Å². The Morgan fingerprint density at radius 1 is 1.16 bits per heavy atom. The van der Waals surface area contributed by atoms with E-state index < -0.39 is 10.0 Å². The predicted molar refractivity (Wildman–Crippen MR) is 104 cm³/mol. The third-order valence-electron chi connectivity index (χ3n) is 3.64. The van der Waals surface area contributed by atoms with E-state index >= 15 is 0 Å². The summed E-state index contributed by atoms with van der Waals surface area (Å²) in [7, 11) is -3.50. The van der Waals surface area contributed by atoms with Gasteiger partial charge in [0.05, 0.1) is 5.69 Å². The van der Waals surface area contributed by atoms with Crippen LogP contribution >= 0.6 is 11.3 Å². The van der Waals surface area contributed by atoms with E-state index in [0.29, 0.717) is 0 Å². The van der Waals surface area contributed by atoms with Crippen LogP contribution in [0.2, 0.25) is 0 Å². The van der Waals surface area contributed by atoms with Crippen molar-refractivity contribution in [1.29, 1.82) is 0 Å². The van der Waals surface area contributed by atoms with Crippen molar-refractivity contribution in [3.63, 3.8) is 0 Å². The van der Waals surface area contributed by atoms with Crippen molar-refractivity contribution in [1.82, 2.24) is 9.71 Å². The van der Waals surface area contributed by atoms with E-state index in [1.807, 2.05) is 60.1 Å². The van der Waals surface area contributed by atoms with Crippen molar-refractivity contribution in [2.45, 2.75) is 13.5 Å². The fourth-order valence-electron chi connectivity index (χ4n) is 2.23. The molecule has 0 aliphatic carbocycles. The summed E-state index contributed by atoms with van der Waals surface area (Å²) in [4.78, 5) is 4.32. The predicted octanol–water partition coefficient (Wildman–Crippen LogP) is 4.21. The number of aryl methyl sites for hydroxylation is 1. The molecule has 0 unspecified atom stereocenters. The lowest BCUT2D eigenvalue weighted by Gasteiger charge is -2.05. The van der Waals surface area contributed by atoms with E-state index in [0.717, 1.165) is 27.9 Å².